The zero-order valence-electron chi connectivity index (χ0n) is 14.4. The summed E-state index contributed by atoms with van der Waals surface area (Å²) >= 11 is 0. The summed E-state index contributed by atoms with van der Waals surface area (Å²) in [7, 11) is 5.37. The fraction of sp³-hybridized carbons (Fsp3) is 0.211. The minimum absolute atomic E-state index is 0.274. The van der Waals surface area contributed by atoms with E-state index in [1.54, 1.807) is 6.07 Å². The minimum Gasteiger partial charge on any atom is -0.378 e. The summed E-state index contributed by atoms with van der Waals surface area (Å²) in [6, 6.07) is 12.4. The highest BCUT2D eigenvalue weighted by molar-refractivity contribution is 6.21. The van der Waals surface area contributed by atoms with Crippen LogP contribution in [0.25, 0.3) is 0 Å². The lowest BCUT2D eigenvalue weighted by Gasteiger charge is -2.13. The molecule has 0 atom stereocenters. The number of anilines is 1. The number of hydrogen-bond acceptors (Lipinski definition) is 4. The highest BCUT2D eigenvalue weighted by atomic mass is 16.2. The van der Waals surface area contributed by atoms with Crippen LogP contribution in [0.4, 0.5) is 5.69 Å². The number of amides is 3. The summed E-state index contributed by atoms with van der Waals surface area (Å²) in [5.41, 5.74) is 3.03. The van der Waals surface area contributed by atoms with Gasteiger partial charge in [0.1, 0.15) is 0 Å². The highest BCUT2D eigenvalue weighted by Crippen LogP contribution is 2.22. The maximum Gasteiger partial charge on any atom is 0.261 e. The van der Waals surface area contributed by atoms with Gasteiger partial charge in [0.05, 0.1) is 11.1 Å². The molecule has 6 heteroatoms. The van der Waals surface area contributed by atoms with Crippen LogP contribution in [0.1, 0.15) is 36.6 Å². The van der Waals surface area contributed by atoms with Gasteiger partial charge in [-0.25, -0.2) is 0 Å². The lowest BCUT2D eigenvalue weighted by molar-refractivity contribution is 0.0693. The average molecular weight is 337 g/mol. The van der Waals surface area contributed by atoms with Gasteiger partial charge < -0.3 is 10.2 Å². The molecule has 0 unspecified atom stereocenters. The molecule has 0 radical (unpaired) electrons. The third-order valence-corrected chi connectivity index (χ3v) is 4.26. The van der Waals surface area contributed by atoms with Gasteiger partial charge in [0.2, 0.25) is 0 Å². The van der Waals surface area contributed by atoms with E-state index in [1.807, 2.05) is 43.3 Å². The summed E-state index contributed by atoms with van der Waals surface area (Å²) in [5.74, 6) is -1.00. The maximum absolute atomic E-state index is 12.3. The van der Waals surface area contributed by atoms with Crippen LogP contribution in [-0.4, -0.2) is 43.8 Å². The number of fused-ring (bicyclic) bond motifs is 1. The molecule has 0 aliphatic carbocycles. The third kappa shape index (κ3) is 3.10. The molecule has 1 N–H and O–H groups in total. The Labute approximate surface area is 146 Å². The van der Waals surface area contributed by atoms with Crippen molar-refractivity contribution in [2.24, 2.45) is 0 Å². The largest absolute Gasteiger partial charge is 0.378 e. The molecule has 6 nitrogen and oxygen atoms in total. The van der Waals surface area contributed by atoms with Crippen molar-refractivity contribution in [3.63, 3.8) is 0 Å². The first-order valence-corrected chi connectivity index (χ1v) is 7.89. The molecule has 0 saturated carbocycles. The zero-order valence-corrected chi connectivity index (χ0v) is 14.4. The smallest absolute Gasteiger partial charge is 0.261 e. The van der Waals surface area contributed by atoms with Gasteiger partial charge in [0.25, 0.3) is 17.7 Å². The summed E-state index contributed by atoms with van der Waals surface area (Å²) in [4.78, 5) is 39.3. The van der Waals surface area contributed by atoms with Crippen molar-refractivity contribution in [3.8, 4) is 0 Å². The van der Waals surface area contributed by atoms with E-state index in [1.165, 1.54) is 19.2 Å². The third-order valence-electron chi connectivity index (χ3n) is 4.26. The Kier molecular flexibility index (Phi) is 4.27. The molecule has 1 aliphatic heterocycles. The number of nitrogens with zero attached hydrogens (tertiary/aromatic N) is 2. The van der Waals surface area contributed by atoms with Crippen LogP contribution in [-0.2, 0) is 6.54 Å². The van der Waals surface area contributed by atoms with Crippen molar-refractivity contribution in [2.45, 2.75) is 6.54 Å². The summed E-state index contributed by atoms with van der Waals surface area (Å²) in [6.45, 7) is 0.385. The quantitative estimate of drug-likeness (QED) is 0.865. The second-order valence-corrected chi connectivity index (χ2v) is 6.17. The molecule has 1 heterocycles. The molecule has 2 aromatic rings. The van der Waals surface area contributed by atoms with E-state index in [0.29, 0.717) is 17.7 Å². The van der Waals surface area contributed by atoms with Crippen LogP contribution in [0.5, 0.6) is 0 Å². The topological polar surface area (TPSA) is 69.7 Å². The van der Waals surface area contributed by atoms with Crippen LogP contribution < -0.4 is 10.2 Å². The number of hydrogen-bond donors (Lipinski definition) is 1. The van der Waals surface area contributed by atoms with E-state index in [0.717, 1.165) is 16.2 Å². The van der Waals surface area contributed by atoms with Crippen LogP contribution in [0.15, 0.2) is 42.5 Å². The predicted molar refractivity (Wildman–Crippen MR) is 94.8 cm³/mol. The monoisotopic (exact) mass is 337 g/mol. The van der Waals surface area contributed by atoms with E-state index in [4.69, 9.17) is 0 Å². The molecule has 3 rings (SSSR count). The lowest BCUT2D eigenvalue weighted by Crippen LogP contribution is -2.24. The Morgan fingerprint density at radius 3 is 2.28 bits per heavy atom. The number of rotatable bonds is 4. The first-order chi connectivity index (χ1) is 11.9. The maximum atomic E-state index is 12.3. The first kappa shape index (κ1) is 16.7. The van der Waals surface area contributed by atoms with Crippen molar-refractivity contribution in [3.05, 3.63) is 64.7 Å². The number of carbonyl (C=O) groups is 3. The van der Waals surface area contributed by atoms with Gasteiger partial charge in [-0.05, 0) is 35.9 Å². The van der Waals surface area contributed by atoms with Crippen LogP contribution in [0.3, 0.4) is 0 Å². The van der Waals surface area contributed by atoms with Crippen molar-refractivity contribution in [1.29, 1.82) is 0 Å². The van der Waals surface area contributed by atoms with E-state index in [-0.39, 0.29) is 23.3 Å². The average Bonchev–Trinajstić information content (AvgIpc) is 2.84. The molecule has 1 aliphatic rings. The molecule has 0 saturated heterocycles. The van der Waals surface area contributed by atoms with E-state index < -0.39 is 0 Å². The van der Waals surface area contributed by atoms with E-state index in [9.17, 15) is 14.4 Å². The number of imide groups is 1. The molecule has 2 aromatic carbocycles. The number of benzene rings is 2. The van der Waals surface area contributed by atoms with E-state index >= 15 is 0 Å². The van der Waals surface area contributed by atoms with Crippen LogP contribution in [0.2, 0.25) is 0 Å². The summed E-state index contributed by atoms with van der Waals surface area (Å²) in [5, 5.41) is 2.83. The Morgan fingerprint density at radius 1 is 1.00 bits per heavy atom. The molecule has 25 heavy (non-hydrogen) atoms. The van der Waals surface area contributed by atoms with Gasteiger partial charge in [0.15, 0.2) is 0 Å². The standard InChI is InChI=1S/C19H19N3O3/c1-21(2)14-7-4-12(5-8-14)11-20-17(23)13-6-9-15-16(10-13)19(25)22(3)18(15)24/h4-10H,11H2,1-3H3,(H,20,23). The Hall–Kier alpha value is -3.15. The lowest BCUT2D eigenvalue weighted by atomic mass is 10.1. The van der Waals surface area contributed by atoms with Crippen molar-refractivity contribution < 1.29 is 14.4 Å². The van der Waals surface area contributed by atoms with Crippen LogP contribution >= 0.6 is 0 Å². The number of carbonyl (C=O) groups excluding carboxylic acids is 3. The number of nitrogens with one attached hydrogen (secondary N) is 1. The molecule has 0 fully saturated rings. The van der Waals surface area contributed by atoms with Gasteiger partial charge in [-0.1, -0.05) is 12.1 Å². The highest BCUT2D eigenvalue weighted by Gasteiger charge is 2.33. The Balaban J connectivity index is 1.70. The Bertz CT molecular complexity index is 857. The van der Waals surface area contributed by atoms with Gasteiger partial charge >= 0.3 is 0 Å². The molecule has 0 bridgehead atoms. The fourth-order valence-electron chi connectivity index (χ4n) is 2.70. The molecule has 128 valence electrons. The van der Waals surface area contributed by atoms with Gasteiger partial charge in [0, 0.05) is 38.9 Å². The second-order valence-electron chi connectivity index (χ2n) is 6.17. The van der Waals surface area contributed by atoms with Crippen molar-refractivity contribution >= 4 is 23.4 Å². The van der Waals surface area contributed by atoms with Crippen molar-refractivity contribution in [2.75, 3.05) is 26.0 Å². The SMILES string of the molecule is CN1C(=O)c2ccc(C(=O)NCc3ccc(N(C)C)cc3)cc2C1=O. The predicted octanol–water partition coefficient (Wildman–Crippen LogP) is 1.91. The zero-order chi connectivity index (χ0) is 18.1. The van der Waals surface area contributed by atoms with Gasteiger partial charge in [-0.3, -0.25) is 19.3 Å². The van der Waals surface area contributed by atoms with E-state index in [2.05, 4.69) is 5.32 Å². The summed E-state index contributed by atoms with van der Waals surface area (Å²) in [6.07, 6.45) is 0. The molecular formula is C19H19N3O3. The minimum atomic E-state index is -0.381. The van der Waals surface area contributed by atoms with Gasteiger partial charge in [-0.2, -0.15) is 0 Å². The normalized spacial score (nSPS) is 13.0. The second kappa shape index (κ2) is 6.39. The Morgan fingerprint density at radius 2 is 1.64 bits per heavy atom. The molecular weight excluding hydrogens is 318 g/mol. The van der Waals surface area contributed by atoms with Gasteiger partial charge in [-0.15, -0.1) is 0 Å². The fourth-order valence-corrected chi connectivity index (χ4v) is 2.70. The molecule has 0 spiro atoms. The first-order valence-electron chi connectivity index (χ1n) is 7.89. The van der Waals surface area contributed by atoms with Crippen molar-refractivity contribution in [1.82, 2.24) is 10.2 Å². The summed E-state index contributed by atoms with van der Waals surface area (Å²) < 4.78 is 0. The molecule has 0 aromatic heterocycles. The van der Waals surface area contributed by atoms with Crippen LogP contribution in [0, 0.1) is 0 Å². The molecule has 3 amide bonds.